The molecule has 28 heavy (non-hydrogen) atoms. The molecule has 1 aromatic heterocycles. The number of amides is 1. The Hall–Kier alpha value is -1.84. The standard InChI is InChI=1S/C18H26F3N5O2/c1-10(27)22-14-5-12-7-26(17-23-16(18(19,20)21)24-25(17)2)8-13(12)6-15(14)28-9-11-3-4-11/h11-15H,3-9H2,1-2H3,(H,22,27)/t12-,13+,14-,15-/m1/s1. The van der Waals surface area contributed by atoms with Crippen molar-refractivity contribution in [3.05, 3.63) is 5.82 Å². The van der Waals surface area contributed by atoms with Gasteiger partial charge in [-0.15, -0.1) is 5.10 Å². The molecule has 0 spiro atoms. The van der Waals surface area contributed by atoms with E-state index in [0.717, 1.165) is 19.4 Å². The van der Waals surface area contributed by atoms with Gasteiger partial charge in [0.1, 0.15) is 0 Å². The maximum absolute atomic E-state index is 12.9. The average molecular weight is 401 g/mol. The molecule has 2 heterocycles. The van der Waals surface area contributed by atoms with Gasteiger partial charge in [0, 0.05) is 33.7 Å². The minimum atomic E-state index is -4.55. The highest BCUT2D eigenvalue weighted by Crippen LogP contribution is 2.40. The zero-order valence-electron chi connectivity index (χ0n) is 16.1. The lowest BCUT2D eigenvalue weighted by Gasteiger charge is -2.38. The molecular formula is C18H26F3N5O2. The topological polar surface area (TPSA) is 72.3 Å². The monoisotopic (exact) mass is 401 g/mol. The predicted octanol–water partition coefficient (Wildman–Crippen LogP) is 1.98. The van der Waals surface area contributed by atoms with Crippen LogP contribution < -0.4 is 10.2 Å². The van der Waals surface area contributed by atoms with Crippen molar-refractivity contribution in [1.82, 2.24) is 20.1 Å². The maximum Gasteiger partial charge on any atom is 0.453 e. The van der Waals surface area contributed by atoms with Crippen molar-refractivity contribution in [3.63, 3.8) is 0 Å². The average Bonchev–Trinajstić information content (AvgIpc) is 3.20. The number of nitrogens with zero attached hydrogens (tertiary/aromatic N) is 4. The molecule has 3 aliphatic rings. The van der Waals surface area contributed by atoms with Gasteiger partial charge >= 0.3 is 6.18 Å². The van der Waals surface area contributed by atoms with E-state index < -0.39 is 12.0 Å². The molecule has 1 amide bonds. The Morgan fingerprint density at radius 3 is 2.50 bits per heavy atom. The summed E-state index contributed by atoms with van der Waals surface area (Å²) < 4.78 is 46.1. The molecule has 1 aliphatic heterocycles. The summed E-state index contributed by atoms with van der Waals surface area (Å²) in [4.78, 5) is 17.2. The van der Waals surface area contributed by atoms with Crippen LogP contribution in [0.2, 0.25) is 0 Å². The molecule has 0 radical (unpaired) electrons. The molecule has 0 unspecified atom stereocenters. The molecule has 1 saturated heterocycles. The van der Waals surface area contributed by atoms with Crippen LogP contribution in [0, 0.1) is 17.8 Å². The van der Waals surface area contributed by atoms with Crippen LogP contribution in [0.15, 0.2) is 0 Å². The van der Waals surface area contributed by atoms with Crippen LogP contribution in [-0.4, -0.2) is 52.5 Å². The number of aryl methyl sites for hydroxylation is 1. The lowest BCUT2D eigenvalue weighted by molar-refractivity contribution is -0.144. The lowest BCUT2D eigenvalue weighted by atomic mass is 9.77. The minimum absolute atomic E-state index is 0.0454. The largest absolute Gasteiger partial charge is 0.453 e. The van der Waals surface area contributed by atoms with Crippen LogP contribution in [0.4, 0.5) is 19.1 Å². The molecule has 4 rings (SSSR count). The van der Waals surface area contributed by atoms with E-state index in [4.69, 9.17) is 4.74 Å². The fourth-order valence-corrected chi connectivity index (χ4v) is 4.49. The van der Waals surface area contributed by atoms with E-state index >= 15 is 0 Å². The number of anilines is 1. The van der Waals surface area contributed by atoms with Crippen LogP contribution in [0.25, 0.3) is 0 Å². The molecule has 156 valence electrons. The van der Waals surface area contributed by atoms with Gasteiger partial charge < -0.3 is 15.0 Å². The quantitative estimate of drug-likeness (QED) is 0.817. The van der Waals surface area contributed by atoms with Crippen molar-refractivity contribution in [2.45, 2.75) is 50.9 Å². The van der Waals surface area contributed by atoms with Crippen LogP contribution in [0.3, 0.4) is 0 Å². The number of hydrogen-bond donors (Lipinski definition) is 1. The van der Waals surface area contributed by atoms with E-state index in [2.05, 4.69) is 15.4 Å². The second-order valence-corrected chi connectivity index (χ2v) is 8.38. The number of halogens is 3. The number of carbonyl (C=O) groups excluding carboxylic acids is 1. The molecule has 1 N–H and O–H groups in total. The maximum atomic E-state index is 12.9. The highest BCUT2D eigenvalue weighted by molar-refractivity contribution is 5.73. The van der Waals surface area contributed by atoms with Crippen molar-refractivity contribution in [2.24, 2.45) is 24.8 Å². The van der Waals surface area contributed by atoms with E-state index in [-0.39, 0.29) is 29.9 Å². The van der Waals surface area contributed by atoms with Gasteiger partial charge in [-0.1, -0.05) is 0 Å². The first kappa shape index (κ1) is 19.5. The second-order valence-electron chi connectivity index (χ2n) is 8.38. The fraction of sp³-hybridized carbons (Fsp3) is 0.833. The molecule has 10 heteroatoms. The SMILES string of the molecule is CC(=O)N[C@@H]1C[C@@H]2CN(c3nc(C(F)(F)F)nn3C)C[C@@H]2C[C@H]1OCC1CC1. The molecule has 3 fully saturated rings. The van der Waals surface area contributed by atoms with Crippen molar-refractivity contribution < 1.29 is 22.7 Å². The van der Waals surface area contributed by atoms with Crippen molar-refractivity contribution in [2.75, 3.05) is 24.6 Å². The first-order chi connectivity index (χ1) is 13.2. The Labute approximate surface area is 161 Å². The normalized spacial score (nSPS) is 30.4. The van der Waals surface area contributed by atoms with Crippen molar-refractivity contribution >= 4 is 11.9 Å². The predicted molar refractivity (Wildman–Crippen MR) is 94.5 cm³/mol. The zero-order chi connectivity index (χ0) is 20.1. The summed E-state index contributed by atoms with van der Waals surface area (Å²) in [6.45, 7) is 3.47. The number of hydrogen-bond acceptors (Lipinski definition) is 5. The van der Waals surface area contributed by atoms with E-state index in [9.17, 15) is 18.0 Å². The van der Waals surface area contributed by atoms with E-state index in [1.165, 1.54) is 31.5 Å². The highest BCUT2D eigenvalue weighted by atomic mass is 19.4. The minimum Gasteiger partial charge on any atom is -0.376 e. The summed E-state index contributed by atoms with van der Waals surface area (Å²) in [7, 11) is 1.49. The molecular weight excluding hydrogens is 375 g/mol. The first-order valence-electron chi connectivity index (χ1n) is 9.82. The molecule has 0 bridgehead atoms. The number of rotatable bonds is 5. The Bertz CT molecular complexity index is 733. The van der Waals surface area contributed by atoms with E-state index in [1.807, 2.05) is 4.90 Å². The summed E-state index contributed by atoms with van der Waals surface area (Å²) in [6, 6.07) is -0.0531. The van der Waals surface area contributed by atoms with Gasteiger partial charge in [0.15, 0.2) is 0 Å². The van der Waals surface area contributed by atoms with Crippen LogP contribution in [-0.2, 0) is 22.8 Å². The number of nitrogens with one attached hydrogen (secondary N) is 1. The van der Waals surface area contributed by atoms with Gasteiger partial charge in [-0.05, 0) is 43.4 Å². The Morgan fingerprint density at radius 1 is 1.25 bits per heavy atom. The Balaban J connectivity index is 1.46. The first-order valence-corrected chi connectivity index (χ1v) is 9.82. The molecule has 1 aromatic rings. The van der Waals surface area contributed by atoms with E-state index in [0.29, 0.717) is 24.9 Å². The van der Waals surface area contributed by atoms with Crippen LogP contribution >= 0.6 is 0 Å². The van der Waals surface area contributed by atoms with Gasteiger partial charge in [-0.25, -0.2) is 4.68 Å². The van der Waals surface area contributed by atoms with E-state index in [1.54, 1.807) is 0 Å². The number of ether oxygens (including phenoxy) is 1. The molecule has 2 saturated carbocycles. The summed E-state index contributed by atoms with van der Waals surface area (Å²) in [5.41, 5.74) is 0. The molecule has 4 atom stereocenters. The number of fused-ring (bicyclic) bond motifs is 1. The van der Waals surface area contributed by atoms with Gasteiger partial charge in [0.05, 0.1) is 12.1 Å². The Morgan fingerprint density at radius 2 is 1.93 bits per heavy atom. The van der Waals surface area contributed by atoms with Gasteiger partial charge in [0.2, 0.25) is 11.9 Å². The second kappa shape index (κ2) is 7.20. The number of aromatic nitrogens is 3. The molecule has 2 aliphatic carbocycles. The molecule has 0 aromatic carbocycles. The van der Waals surface area contributed by atoms with Crippen molar-refractivity contribution in [3.8, 4) is 0 Å². The third-order valence-corrected chi connectivity index (χ3v) is 6.03. The molecule has 7 nitrogen and oxygen atoms in total. The van der Waals surface area contributed by atoms with Gasteiger partial charge in [0.25, 0.3) is 5.82 Å². The van der Waals surface area contributed by atoms with Gasteiger partial charge in [-0.3, -0.25) is 4.79 Å². The number of carbonyl (C=O) groups is 1. The summed E-state index contributed by atoms with van der Waals surface area (Å²) >= 11 is 0. The highest BCUT2D eigenvalue weighted by Gasteiger charge is 2.45. The van der Waals surface area contributed by atoms with Gasteiger partial charge in [-0.2, -0.15) is 18.2 Å². The smallest absolute Gasteiger partial charge is 0.376 e. The summed E-state index contributed by atoms with van der Waals surface area (Å²) in [5, 5.41) is 6.54. The zero-order valence-corrected chi connectivity index (χ0v) is 16.1. The fourth-order valence-electron chi connectivity index (χ4n) is 4.49. The van der Waals surface area contributed by atoms with Crippen LogP contribution in [0.5, 0.6) is 0 Å². The Kier molecular flexibility index (Phi) is 5.01. The number of alkyl halides is 3. The third kappa shape index (κ3) is 4.11. The summed E-state index contributed by atoms with van der Waals surface area (Å²) in [5.74, 6) is 0.274. The van der Waals surface area contributed by atoms with Crippen molar-refractivity contribution in [1.29, 1.82) is 0 Å². The summed E-state index contributed by atoms with van der Waals surface area (Å²) in [6.07, 6.45) is -0.643. The third-order valence-electron chi connectivity index (χ3n) is 6.03. The lowest BCUT2D eigenvalue weighted by Crippen LogP contribution is -2.50. The van der Waals surface area contributed by atoms with Crippen LogP contribution in [0.1, 0.15) is 38.4 Å².